The molecule has 0 radical (unpaired) electrons. The average molecular weight is 337 g/mol. The predicted molar refractivity (Wildman–Crippen MR) is 83.7 cm³/mol. The van der Waals surface area contributed by atoms with Gasteiger partial charge in [0.1, 0.15) is 0 Å². The number of hydrogen-bond acceptors (Lipinski definition) is 2. The van der Waals surface area contributed by atoms with Gasteiger partial charge in [-0.2, -0.15) is 0 Å². The fourth-order valence-electron chi connectivity index (χ4n) is 3.02. The molecule has 0 bridgehead atoms. The second-order valence-electron chi connectivity index (χ2n) is 6.14. The molecule has 1 aliphatic carbocycles. The Hall–Kier alpha value is -0.870. The lowest BCUT2D eigenvalue weighted by Gasteiger charge is -2.30. The molecular weight excluding hydrogens is 316 g/mol. The number of rotatable bonds is 3. The third-order valence-corrected chi connectivity index (χ3v) is 5.16. The highest BCUT2D eigenvalue weighted by atomic mass is 79.9. The Kier molecular flexibility index (Phi) is 3.87. The summed E-state index contributed by atoms with van der Waals surface area (Å²) in [5.41, 5.74) is 0.912. The van der Waals surface area contributed by atoms with Crippen molar-refractivity contribution in [3.63, 3.8) is 0 Å². The smallest absolute Gasteiger partial charge is 0.230 e. The molecule has 108 valence electrons. The van der Waals surface area contributed by atoms with Crippen molar-refractivity contribution in [2.75, 3.05) is 20.1 Å². The molecule has 1 aliphatic heterocycles. The van der Waals surface area contributed by atoms with Gasteiger partial charge in [-0.3, -0.25) is 4.79 Å². The van der Waals surface area contributed by atoms with Crippen molar-refractivity contribution >= 4 is 21.8 Å². The van der Waals surface area contributed by atoms with Crippen molar-refractivity contribution in [2.24, 2.45) is 0 Å². The molecular formula is C16H21BrN2O. The van der Waals surface area contributed by atoms with Gasteiger partial charge in [0.05, 0.1) is 5.41 Å². The summed E-state index contributed by atoms with van der Waals surface area (Å²) < 4.78 is 1.06. The summed E-state index contributed by atoms with van der Waals surface area (Å²) in [6.07, 6.45) is 4.09. The van der Waals surface area contributed by atoms with Crippen molar-refractivity contribution in [3.8, 4) is 0 Å². The molecule has 3 nitrogen and oxygen atoms in total. The van der Waals surface area contributed by atoms with Crippen molar-refractivity contribution in [2.45, 2.75) is 37.1 Å². The molecule has 4 heteroatoms. The first-order valence-electron chi connectivity index (χ1n) is 7.36. The first kappa shape index (κ1) is 14.1. The van der Waals surface area contributed by atoms with Crippen molar-refractivity contribution in [1.29, 1.82) is 0 Å². The number of halogens is 1. The third kappa shape index (κ3) is 2.77. The molecule has 2 fully saturated rings. The molecule has 3 rings (SSSR count). The van der Waals surface area contributed by atoms with E-state index in [0.29, 0.717) is 6.04 Å². The molecule has 0 unspecified atom stereocenters. The molecule has 1 N–H and O–H groups in total. The topological polar surface area (TPSA) is 32.3 Å². The van der Waals surface area contributed by atoms with E-state index in [1.165, 1.54) is 0 Å². The Bertz CT molecular complexity index is 488. The molecule has 0 atom stereocenters. The second-order valence-corrected chi connectivity index (χ2v) is 7.06. The minimum absolute atomic E-state index is 0.231. The van der Waals surface area contributed by atoms with Gasteiger partial charge in [0.25, 0.3) is 0 Å². The molecule has 20 heavy (non-hydrogen) atoms. The highest BCUT2D eigenvalue weighted by Gasteiger charge is 2.51. The minimum atomic E-state index is -0.246. The van der Waals surface area contributed by atoms with Crippen LogP contribution in [-0.4, -0.2) is 37.0 Å². The number of likely N-dealkylation sites (tertiary alicyclic amines) is 1. The Balaban J connectivity index is 1.66. The predicted octanol–water partition coefficient (Wildman–Crippen LogP) is 2.69. The number of nitrogens with one attached hydrogen (secondary N) is 1. The number of piperidine rings is 1. The molecule has 1 aromatic carbocycles. The minimum Gasteiger partial charge on any atom is -0.353 e. The number of nitrogens with zero attached hydrogens (tertiary/aromatic N) is 1. The molecule has 0 aromatic heterocycles. The van der Waals surface area contributed by atoms with E-state index in [4.69, 9.17) is 0 Å². The summed E-state index contributed by atoms with van der Waals surface area (Å²) in [7, 11) is 2.14. The number of benzene rings is 1. The standard InChI is InChI=1S/C16H21BrN2O/c1-19-10-6-14(7-11-19)18-15(20)16(8-9-16)12-2-4-13(17)5-3-12/h2-5,14H,6-11H2,1H3,(H,18,20). The quantitative estimate of drug-likeness (QED) is 0.920. The largest absolute Gasteiger partial charge is 0.353 e. The fourth-order valence-corrected chi connectivity index (χ4v) is 3.28. The lowest BCUT2D eigenvalue weighted by atomic mass is 9.94. The van der Waals surface area contributed by atoms with Gasteiger partial charge in [-0.15, -0.1) is 0 Å². The van der Waals surface area contributed by atoms with Crippen LogP contribution in [0.3, 0.4) is 0 Å². The van der Waals surface area contributed by atoms with E-state index >= 15 is 0 Å². The Morgan fingerprint density at radius 2 is 1.85 bits per heavy atom. The van der Waals surface area contributed by atoms with Gasteiger partial charge in [-0.25, -0.2) is 0 Å². The van der Waals surface area contributed by atoms with E-state index in [9.17, 15) is 4.79 Å². The third-order valence-electron chi connectivity index (χ3n) is 4.64. The first-order chi connectivity index (χ1) is 9.60. The summed E-state index contributed by atoms with van der Waals surface area (Å²) in [6, 6.07) is 8.55. The summed E-state index contributed by atoms with van der Waals surface area (Å²) in [5, 5.41) is 3.28. The molecule has 2 aliphatic rings. The van der Waals surface area contributed by atoms with Crippen LogP contribution >= 0.6 is 15.9 Å². The molecule has 1 saturated carbocycles. The van der Waals surface area contributed by atoms with E-state index in [1.807, 2.05) is 12.1 Å². The van der Waals surface area contributed by atoms with E-state index in [0.717, 1.165) is 48.8 Å². The lowest BCUT2D eigenvalue weighted by molar-refractivity contribution is -0.124. The fraction of sp³-hybridized carbons (Fsp3) is 0.562. The van der Waals surface area contributed by atoms with Crippen LogP contribution in [0.15, 0.2) is 28.7 Å². The maximum absolute atomic E-state index is 12.6. The van der Waals surface area contributed by atoms with Crippen LogP contribution in [0.5, 0.6) is 0 Å². The lowest BCUT2D eigenvalue weighted by Crippen LogP contribution is -2.46. The van der Waals surface area contributed by atoms with E-state index < -0.39 is 0 Å². The van der Waals surface area contributed by atoms with Crippen molar-refractivity contribution < 1.29 is 4.79 Å². The van der Waals surface area contributed by atoms with Gasteiger partial charge in [0.2, 0.25) is 5.91 Å². The van der Waals surface area contributed by atoms with Gasteiger partial charge in [0, 0.05) is 10.5 Å². The first-order valence-corrected chi connectivity index (χ1v) is 8.15. The monoisotopic (exact) mass is 336 g/mol. The Labute approximate surface area is 128 Å². The van der Waals surface area contributed by atoms with Gasteiger partial charge in [0.15, 0.2) is 0 Å². The molecule has 1 saturated heterocycles. The van der Waals surface area contributed by atoms with Crippen LogP contribution in [-0.2, 0) is 10.2 Å². The van der Waals surface area contributed by atoms with Gasteiger partial charge in [-0.05, 0) is 63.5 Å². The van der Waals surface area contributed by atoms with Gasteiger partial charge < -0.3 is 10.2 Å². The zero-order valence-electron chi connectivity index (χ0n) is 11.9. The van der Waals surface area contributed by atoms with Crippen LogP contribution < -0.4 is 5.32 Å². The highest BCUT2D eigenvalue weighted by Crippen LogP contribution is 2.48. The highest BCUT2D eigenvalue weighted by molar-refractivity contribution is 9.10. The zero-order chi connectivity index (χ0) is 14.2. The van der Waals surface area contributed by atoms with Crippen molar-refractivity contribution in [3.05, 3.63) is 34.3 Å². The maximum Gasteiger partial charge on any atom is 0.230 e. The SMILES string of the molecule is CN1CCC(NC(=O)C2(c3ccc(Br)cc3)CC2)CC1. The maximum atomic E-state index is 12.6. The molecule has 1 amide bonds. The Morgan fingerprint density at radius 1 is 1.25 bits per heavy atom. The van der Waals surface area contributed by atoms with Crippen LogP contribution in [0.4, 0.5) is 0 Å². The molecule has 0 spiro atoms. The Morgan fingerprint density at radius 3 is 2.40 bits per heavy atom. The van der Waals surface area contributed by atoms with Crippen LogP contribution in [0.1, 0.15) is 31.2 Å². The average Bonchev–Trinajstić information content (AvgIpc) is 3.24. The van der Waals surface area contributed by atoms with E-state index in [2.05, 4.69) is 45.3 Å². The molecule has 1 heterocycles. The normalized spacial score (nSPS) is 22.5. The number of amides is 1. The van der Waals surface area contributed by atoms with Crippen LogP contribution in [0.2, 0.25) is 0 Å². The zero-order valence-corrected chi connectivity index (χ0v) is 13.4. The van der Waals surface area contributed by atoms with E-state index in [1.54, 1.807) is 0 Å². The summed E-state index contributed by atoms with van der Waals surface area (Å²) in [4.78, 5) is 14.9. The number of carbonyl (C=O) groups is 1. The second kappa shape index (κ2) is 5.49. The van der Waals surface area contributed by atoms with Gasteiger partial charge >= 0.3 is 0 Å². The van der Waals surface area contributed by atoms with Gasteiger partial charge in [-0.1, -0.05) is 28.1 Å². The summed E-state index contributed by atoms with van der Waals surface area (Å²) >= 11 is 3.45. The summed E-state index contributed by atoms with van der Waals surface area (Å²) in [6.45, 7) is 2.16. The number of carbonyl (C=O) groups excluding carboxylic acids is 1. The van der Waals surface area contributed by atoms with Crippen LogP contribution in [0, 0.1) is 0 Å². The van der Waals surface area contributed by atoms with E-state index in [-0.39, 0.29) is 11.3 Å². The molecule has 1 aromatic rings. The van der Waals surface area contributed by atoms with Crippen LogP contribution in [0.25, 0.3) is 0 Å². The summed E-state index contributed by atoms with van der Waals surface area (Å²) in [5.74, 6) is 0.231. The van der Waals surface area contributed by atoms with Crippen molar-refractivity contribution in [1.82, 2.24) is 10.2 Å². The number of hydrogen-bond donors (Lipinski definition) is 1.